The van der Waals surface area contributed by atoms with Crippen molar-refractivity contribution in [3.8, 4) is 0 Å². The molecule has 0 radical (unpaired) electrons. The van der Waals surface area contributed by atoms with Crippen molar-refractivity contribution < 1.29 is 0 Å². The van der Waals surface area contributed by atoms with E-state index in [0.29, 0.717) is 0 Å². The summed E-state index contributed by atoms with van der Waals surface area (Å²) in [5.41, 5.74) is 3.95. The van der Waals surface area contributed by atoms with Crippen LogP contribution in [0, 0.1) is 0 Å². The summed E-state index contributed by atoms with van der Waals surface area (Å²) in [4.78, 5) is 1.27. The summed E-state index contributed by atoms with van der Waals surface area (Å²) >= 11 is 3.56. The second-order valence-electron chi connectivity index (χ2n) is 4.20. The number of aromatic nitrogens is 2. The zero-order valence-corrected chi connectivity index (χ0v) is 11.6. The van der Waals surface area contributed by atoms with Gasteiger partial charge in [0.15, 0.2) is 0 Å². The largest absolute Gasteiger partial charge is 0.276 e. The van der Waals surface area contributed by atoms with Gasteiger partial charge < -0.3 is 0 Å². The Morgan fingerprint density at radius 2 is 2.33 bits per heavy atom. The van der Waals surface area contributed by atoms with Crippen LogP contribution >= 0.6 is 22.7 Å². The van der Waals surface area contributed by atoms with E-state index < -0.39 is 0 Å². The van der Waals surface area contributed by atoms with Crippen molar-refractivity contribution in [2.24, 2.45) is 12.9 Å². The highest BCUT2D eigenvalue weighted by Crippen LogP contribution is 2.34. The summed E-state index contributed by atoms with van der Waals surface area (Å²) in [5, 5.41) is 6.51. The summed E-state index contributed by atoms with van der Waals surface area (Å²) in [6.07, 6.45) is 2.76. The molecular formula is C12H14N4S2. The number of hydrogen-bond acceptors (Lipinski definition) is 5. The molecule has 0 bridgehead atoms. The van der Waals surface area contributed by atoms with Gasteiger partial charge in [-0.2, -0.15) is 5.10 Å². The number of nitrogens with two attached hydrogens (primary N) is 1. The van der Waals surface area contributed by atoms with Crippen molar-refractivity contribution in [3.05, 3.63) is 40.3 Å². The minimum Gasteiger partial charge on any atom is -0.276 e. The molecule has 18 heavy (non-hydrogen) atoms. The lowest BCUT2D eigenvalue weighted by molar-refractivity contribution is 0.550. The van der Waals surface area contributed by atoms with Gasteiger partial charge in [0.2, 0.25) is 0 Å². The number of thiophene rings is 2. The zero-order valence-electron chi connectivity index (χ0n) is 9.96. The van der Waals surface area contributed by atoms with Crippen molar-refractivity contribution >= 4 is 32.1 Å². The van der Waals surface area contributed by atoms with E-state index in [2.05, 4.69) is 28.0 Å². The zero-order chi connectivity index (χ0) is 12.5. The molecule has 3 heterocycles. The Hall–Kier alpha value is -1.21. The van der Waals surface area contributed by atoms with Crippen LogP contribution in [0.15, 0.2) is 29.8 Å². The molecule has 0 fully saturated rings. The average molecular weight is 278 g/mol. The van der Waals surface area contributed by atoms with Crippen LogP contribution in [0.25, 0.3) is 9.40 Å². The van der Waals surface area contributed by atoms with Gasteiger partial charge in [-0.1, -0.05) is 0 Å². The third-order valence-corrected chi connectivity index (χ3v) is 5.09. The second kappa shape index (κ2) is 4.81. The molecule has 3 aromatic rings. The average Bonchev–Trinajstić information content (AvgIpc) is 3.00. The van der Waals surface area contributed by atoms with Crippen LogP contribution in [0.4, 0.5) is 0 Å². The molecule has 0 saturated carbocycles. The summed E-state index contributed by atoms with van der Waals surface area (Å²) in [5.74, 6) is 5.68. The van der Waals surface area contributed by atoms with Crippen molar-refractivity contribution in [3.63, 3.8) is 0 Å². The van der Waals surface area contributed by atoms with Crippen LogP contribution in [-0.4, -0.2) is 9.78 Å². The molecule has 0 aliphatic heterocycles. The van der Waals surface area contributed by atoms with E-state index >= 15 is 0 Å². The van der Waals surface area contributed by atoms with Gasteiger partial charge in [-0.05, 0) is 23.6 Å². The number of aryl methyl sites for hydroxylation is 1. The number of rotatable bonds is 4. The quantitative estimate of drug-likeness (QED) is 0.569. The second-order valence-corrected chi connectivity index (χ2v) is 6.27. The highest BCUT2D eigenvalue weighted by molar-refractivity contribution is 7.26. The van der Waals surface area contributed by atoms with Crippen LogP contribution in [0.3, 0.4) is 0 Å². The predicted molar refractivity (Wildman–Crippen MR) is 76.7 cm³/mol. The van der Waals surface area contributed by atoms with Gasteiger partial charge in [-0.3, -0.25) is 16.0 Å². The SMILES string of the molecule is Cn1ccc(CC(NN)c2cc3sccc3s2)n1. The maximum atomic E-state index is 5.68. The van der Waals surface area contributed by atoms with Gasteiger partial charge in [0, 0.05) is 33.9 Å². The minimum absolute atomic E-state index is 0.129. The molecule has 0 aliphatic carbocycles. The van der Waals surface area contributed by atoms with Crippen molar-refractivity contribution in [2.75, 3.05) is 0 Å². The molecule has 1 atom stereocenters. The van der Waals surface area contributed by atoms with Gasteiger partial charge in [0.1, 0.15) is 0 Å². The number of hydrazine groups is 1. The first-order valence-corrected chi connectivity index (χ1v) is 7.37. The standard InChI is InChI=1S/C12H14N4S2/c1-16-4-2-8(15-16)6-9(14-13)11-7-12-10(18-11)3-5-17-12/h2-5,7,9,14H,6,13H2,1H3. The monoisotopic (exact) mass is 278 g/mol. The predicted octanol–water partition coefficient (Wildman–Crippen LogP) is 2.44. The van der Waals surface area contributed by atoms with Crippen LogP contribution in [0.1, 0.15) is 16.6 Å². The van der Waals surface area contributed by atoms with Crippen molar-refractivity contribution in [1.29, 1.82) is 0 Å². The molecule has 3 aromatic heterocycles. The fourth-order valence-electron chi connectivity index (χ4n) is 1.98. The van der Waals surface area contributed by atoms with Crippen LogP contribution in [0.2, 0.25) is 0 Å². The van der Waals surface area contributed by atoms with Gasteiger partial charge in [-0.15, -0.1) is 22.7 Å². The van der Waals surface area contributed by atoms with Crippen molar-refractivity contribution in [1.82, 2.24) is 15.2 Å². The lowest BCUT2D eigenvalue weighted by Gasteiger charge is -2.12. The maximum absolute atomic E-state index is 5.68. The summed E-state index contributed by atoms with van der Waals surface area (Å²) in [6, 6.07) is 6.53. The Morgan fingerprint density at radius 3 is 3.00 bits per heavy atom. The van der Waals surface area contributed by atoms with E-state index in [1.807, 2.05) is 24.0 Å². The third kappa shape index (κ3) is 2.20. The number of nitrogens with one attached hydrogen (secondary N) is 1. The molecular weight excluding hydrogens is 264 g/mol. The van der Waals surface area contributed by atoms with Crippen LogP contribution < -0.4 is 11.3 Å². The summed E-state index contributed by atoms with van der Waals surface area (Å²) < 4.78 is 4.48. The van der Waals surface area contributed by atoms with Gasteiger partial charge in [-0.25, -0.2) is 0 Å². The molecule has 0 saturated heterocycles. The lowest BCUT2D eigenvalue weighted by atomic mass is 10.1. The van der Waals surface area contributed by atoms with E-state index in [-0.39, 0.29) is 6.04 Å². The molecule has 3 N–H and O–H groups in total. The topological polar surface area (TPSA) is 55.9 Å². The Kier molecular flexibility index (Phi) is 3.17. The highest BCUT2D eigenvalue weighted by atomic mass is 32.1. The molecule has 0 aliphatic rings. The fraction of sp³-hybridized carbons (Fsp3) is 0.250. The molecule has 6 heteroatoms. The maximum Gasteiger partial charge on any atom is 0.0644 e. The number of fused-ring (bicyclic) bond motifs is 1. The normalized spacial score (nSPS) is 13.2. The first-order valence-electron chi connectivity index (χ1n) is 5.68. The Balaban J connectivity index is 1.85. The van der Waals surface area contributed by atoms with E-state index in [0.717, 1.165) is 12.1 Å². The van der Waals surface area contributed by atoms with Gasteiger partial charge in [0.25, 0.3) is 0 Å². The van der Waals surface area contributed by atoms with Crippen molar-refractivity contribution in [2.45, 2.75) is 12.5 Å². The van der Waals surface area contributed by atoms with Gasteiger partial charge in [0.05, 0.1) is 11.7 Å². The molecule has 0 spiro atoms. The summed E-state index contributed by atoms with van der Waals surface area (Å²) in [6.45, 7) is 0. The van der Waals surface area contributed by atoms with Gasteiger partial charge >= 0.3 is 0 Å². The Labute approximate surface area is 113 Å². The molecule has 3 rings (SSSR count). The number of nitrogens with zero attached hydrogens (tertiary/aromatic N) is 2. The van der Waals surface area contributed by atoms with E-state index in [4.69, 9.17) is 5.84 Å². The molecule has 94 valence electrons. The van der Waals surface area contributed by atoms with Crippen LogP contribution in [-0.2, 0) is 13.5 Å². The highest BCUT2D eigenvalue weighted by Gasteiger charge is 2.15. The van der Waals surface area contributed by atoms with E-state index in [9.17, 15) is 0 Å². The van der Waals surface area contributed by atoms with Crippen LogP contribution in [0.5, 0.6) is 0 Å². The third-order valence-electron chi connectivity index (χ3n) is 2.89. The lowest BCUT2D eigenvalue weighted by Crippen LogP contribution is -2.29. The summed E-state index contributed by atoms with van der Waals surface area (Å²) in [7, 11) is 1.93. The Morgan fingerprint density at radius 1 is 1.44 bits per heavy atom. The number of hydrogen-bond donors (Lipinski definition) is 2. The fourth-order valence-corrected chi connectivity index (χ4v) is 4.16. The molecule has 1 unspecified atom stereocenters. The molecule has 0 aromatic carbocycles. The minimum atomic E-state index is 0.129. The first kappa shape index (κ1) is 11.9. The smallest absolute Gasteiger partial charge is 0.0644 e. The first-order chi connectivity index (χ1) is 8.76. The Bertz CT molecular complexity index is 623. The molecule has 4 nitrogen and oxygen atoms in total. The van der Waals surface area contributed by atoms with E-state index in [1.54, 1.807) is 22.7 Å². The molecule has 0 amide bonds. The van der Waals surface area contributed by atoms with E-state index in [1.165, 1.54) is 14.3 Å².